The third kappa shape index (κ3) is 4.49. The summed E-state index contributed by atoms with van der Waals surface area (Å²) in [5, 5.41) is 5.58. The molecule has 0 spiro atoms. The fourth-order valence-corrected chi connectivity index (χ4v) is 3.16. The topological polar surface area (TPSA) is 79.9 Å². The minimum Gasteiger partial charge on any atom is -0.376 e. The van der Waals surface area contributed by atoms with Crippen LogP contribution < -0.4 is 10.6 Å². The number of likely N-dealkylation sites (tertiary alicyclic amines) is 1. The molecule has 3 rings (SSSR count). The summed E-state index contributed by atoms with van der Waals surface area (Å²) in [6, 6.07) is 5.13. The third-order valence-corrected chi connectivity index (χ3v) is 4.50. The van der Waals surface area contributed by atoms with Crippen molar-refractivity contribution >= 4 is 17.6 Å². The SMILES string of the molecule is Cc1cccc(NC(=O)NCC2COCCO2)c1C(=O)N1CCCC1. The average Bonchev–Trinajstić information content (AvgIpc) is 3.15. The van der Waals surface area contributed by atoms with Gasteiger partial charge in [0, 0.05) is 19.6 Å². The van der Waals surface area contributed by atoms with E-state index in [0.717, 1.165) is 31.5 Å². The standard InChI is InChI=1S/C18H25N3O4/c1-13-5-4-6-15(16(13)17(22)21-7-2-3-8-21)20-18(23)19-11-14-12-24-9-10-25-14/h4-6,14H,2-3,7-12H2,1H3,(H2,19,20,23). The van der Waals surface area contributed by atoms with Crippen LogP contribution in [0.25, 0.3) is 0 Å². The Morgan fingerprint density at radius 3 is 2.76 bits per heavy atom. The monoisotopic (exact) mass is 347 g/mol. The molecule has 2 heterocycles. The van der Waals surface area contributed by atoms with Gasteiger partial charge in [-0.15, -0.1) is 0 Å². The number of hydrogen-bond acceptors (Lipinski definition) is 4. The first kappa shape index (κ1) is 17.7. The molecule has 3 amide bonds. The Morgan fingerprint density at radius 2 is 2.04 bits per heavy atom. The summed E-state index contributed by atoms with van der Waals surface area (Å²) in [5.41, 5.74) is 1.96. The first-order valence-corrected chi connectivity index (χ1v) is 8.78. The van der Waals surface area contributed by atoms with Crippen LogP contribution >= 0.6 is 0 Å². The predicted octanol–water partition coefficient (Wildman–Crippen LogP) is 1.77. The van der Waals surface area contributed by atoms with Crippen LogP contribution in [0.1, 0.15) is 28.8 Å². The number of nitrogens with one attached hydrogen (secondary N) is 2. The van der Waals surface area contributed by atoms with Crippen LogP contribution in [0.3, 0.4) is 0 Å². The lowest BCUT2D eigenvalue weighted by Gasteiger charge is -2.23. The van der Waals surface area contributed by atoms with E-state index in [1.807, 2.05) is 24.0 Å². The van der Waals surface area contributed by atoms with Gasteiger partial charge in [0.25, 0.3) is 5.91 Å². The van der Waals surface area contributed by atoms with E-state index in [1.165, 1.54) is 0 Å². The zero-order valence-electron chi connectivity index (χ0n) is 14.5. The van der Waals surface area contributed by atoms with E-state index in [2.05, 4.69) is 10.6 Å². The highest BCUT2D eigenvalue weighted by atomic mass is 16.6. The second-order valence-corrected chi connectivity index (χ2v) is 6.40. The minimum atomic E-state index is -0.352. The number of nitrogens with zero attached hydrogens (tertiary/aromatic N) is 1. The molecule has 0 bridgehead atoms. The number of amides is 3. The van der Waals surface area contributed by atoms with Crippen LogP contribution in [0, 0.1) is 6.92 Å². The average molecular weight is 347 g/mol. The van der Waals surface area contributed by atoms with Crippen molar-refractivity contribution < 1.29 is 19.1 Å². The Kier molecular flexibility index (Phi) is 5.88. The highest BCUT2D eigenvalue weighted by Gasteiger charge is 2.24. The van der Waals surface area contributed by atoms with Crippen molar-refractivity contribution in [2.45, 2.75) is 25.9 Å². The maximum absolute atomic E-state index is 12.8. The highest BCUT2D eigenvalue weighted by Crippen LogP contribution is 2.23. The highest BCUT2D eigenvalue weighted by molar-refractivity contribution is 6.04. The molecule has 7 heteroatoms. The molecule has 0 aromatic heterocycles. The van der Waals surface area contributed by atoms with Gasteiger partial charge in [-0.05, 0) is 31.4 Å². The van der Waals surface area contributed by atoms with Gasteiger partial charge in [0.05, 0.1) is 37.2 Å². The Balaban J connectivity index is 1.64. The van der Waals surface area contributed by atoms with E-state index < -0.39 is 0 Å². The van der Waals surface area contributed by atoms with E-state index in [-0.39, 0.29) is 18.0 Å². The van der Waals surface area contributed by atoms with Crippen molar-refractivity contribution in [3.05, 3.63) is 29.3 Å². The predicted molar refractivity (Wildman–Crippen MR) is 93.9 cm³/mol. The van der Waals surface area contributed by atoms with E-state index in [9.17, 15) is 9.59 Å². The molecule has 1 aromatic rings. The molecule has 0 saturated carbocycles. The first-order valence-electron chi connectivity index (χ1n) is 8.78. The summed E-state index contributed by atoms with van der Waals surface area (Å²) in [7, 11) is 0. The lowest BCUT2D eigenvalue weighted by molar-refractivity contribution is -0.0852. The van der Waals surface area contributed by atoms with Crippen molar-refractivity contribution in [1.29, 1.82) is 0 Å². The lowest BCUT2D eigenvalue weighted by atomic mass is 10.1. The number of urea groups is 1. The Morgan fingerprint density at radius 1 is 1.24 bits per heavy atom. The zero-order valence-corrected chi connectivity index (χ0v) is 14.5. The summed E-state index contributed by atoms with van der Waals surface area (Å²) >= 11 is 0. The Bertz CT molecular complexity index is 623. The quantitative estimate of drug-likeness (QED) is 0.870. The number of benzene rings is 1. The number of anilines is 1. The summed E-state index contributed by atoms with van der Waals surface area (Å²) in [6.45, 7) is 5.42. The Hall–Kier alpha value is -2.12. The summed E-state index contributed by atoms with van der Waals surface area (Å²) in [5.74, 6) is -0.0186. The molecule has 136 valence electrons. The zero-order chi connectivity index (χ0) is 17.6. The molecule has 0 aliphatic carbocycles. The van der Waals surface area contributed by atoms with Gasteiger partial charge >= 0.3 is 6.03 Å². The van der Waals surface area contributed by atoms with Crippen LogP contribution in [-0.2, 0) is 9.47 Å². The van der Waals surface area contributed by atoms with Gasteiger partial charge in [-0.25, -0.2) is 4.79 Å². The molecule has 2 fully saturated rings. The fourth-order valence-electron chi connectivity index (χ4n) is 3.16. The molecule has 1 atom stereocenters. The number of carbonyl (C=O) groups is 2. The van der Waals surface area contributed by atoms with Gasteiger partial charge in [-0.2, -0.15) is 0 Å². The molecule has 7 nitrogen and oxygen atoms in total. The maximum Gasteiger partial charge on any atom is 0.319 e. The van der Waals surface area contributed by atoms with E-state index >= 15 is 0 Å². The second kappa shape index (κ2) is 8.31. The van der Waals surface area contributed by atoms with Crippen LogP contribution in [0.5, 0.6) is 0 Å². The largest absolute Gasteiger partial charge is 0.376 e. The normalized spacial score (nSPS) is 20.4. The molecule has 1 unspecified atom stereocenters. The van der Waals surface area contributed by atoms with Gasteiger partial charge in [0.1, 0.15) is 0 Å². The molecule has 0 radical (unpaired) electrons. The minimum absolute atomic E-state index is 0.0186. The smallest absolute Gasteiger partial charge is 0.319 e. The van der Waals surface area contributed by atoms with Gasteiger partial charge in [0.15, 0.2) is 0 Å². The molecule has 1 aromatic carbocycles. The van der Waals surface area contributed by atoms with Crippen molar-refractivity contribution in [2.24, 2.45) is 0 Å². The molecular formula is C18H25N3O4. The molecule has 2 N–H and O–H groups in total. The maximum atomic E-state index is 12.8. The van der Waals surface area contributed by atoms with E-state index in [4.69, 9.17) is 9.47 Å². The van der Waals surface area contributed by atoms with Crippen LogP contribution in [-0.4, -0.2) is 62.4 Å². The molecule has 2 aliphatic heterocycles. The van der Waals surface area contributed by atoms with Gasteiger partial charge in [0.2, 0.25) is 0 Å². The van der Waals surface area contributed by atoms with Crippen molar-refractivity contribution in [2.75, 3.05) is 44.8 Å². The third-order valence-electron chi connectivity index (χ3n) is 4.50. The lowest BCUT2D eigenvalue weighted by Crippen LogP contribution is -2.41. The van der Waals surface area contributed by atoms with Crippen molar-refractivity contribution in [3.8, 4) is 0 Å². The number of ether oxygens (including phenoxy) is 2. The number of carbonyl (C=O) groups excluding carboxylic acids is 2. The molecule has 25 heavy (non-hydrogen) atoms. The number of hydrogen-bond donors (Lipinski definition) is 2. The van der Waals surface area contributed by atoms with Crippen molar-refractivity contribution in [3.63, 3.8) is 0 Å². The molecule has 2 aliphatic rings. The number of aryl methyl sites for hydroxylation is 1. The van der Waals surface area contributed by atoms with Gasteiger partial charge in [-0.1, -0.05) is 12.1 Å². The molecular weight excluding hydrogens is 322 g/mol. The van der Waals surface area contributed by atoms with Gasteiger partial charge < -0.3 is 25.0 Å². The van der Waals surface area contributed by atoms with Crippen LogP contribution in [0.4, 0.5) is 10.5 Å². The van der Waals surface area contributed by atoms with E-state index in [0.29, 0.717) is 37.6 Å². The van der Waals surface area contributed by atoms with E-state index in [1.54, 1.807) is 6.07 Å². The number of rotatable bonds is 4. The Labute approximate surface area is 147 Å². The summed E-state index contributed by atoms with van der Waals surface area (Å²) in [4.78, 5) is 26.9. The van der Waals surface area contributed by atoms with Gasteiger partial charge in [-0.3, -0.25) is 4.79 Å². The summed E-state index contributed by atoms with van der Waals surface area (Å²) in [6.07, 6.45) is 1.93. The fraction of sp³-hybridized carbons (Fsp3) is 0.556. The van der Waals surface area contributed by atoms with Crippen LogP contribution in [0.2, 0.25) is 0 Å². The molecule has 2 saturated heterocycles. The van der Waals surface area contributed by atoms with Crippen molar-refractivity contribution in [1.82, 2.24) is 10.2 Å². The van der Waals surface area contributed by atoms with Crippen LogP contribution in [0.15, 0.2) is 18.2 Å². The second-order valence-electron chi connectivity index (χ2n) is 6.40. The summed E-state index contributed by atoms with van der Waals surface area (Å²) < 4.78 is 10.8. The first-order chi connectivity index (χ1) is 12.1.